The van der Waals surface area contributed by atoms with E-state index in [-0.39, 0.29) is 22.7 Å². The highest BCUT2D eigenvalue weighted by molar-refractivity contribution is 9.10. The number of rotatable bonds is 3. The number of amides is 1. The molecule has 4 N–H and O–H groups in total. The van der Waals surface area contributed by atoms with Crippen LogP contribution in [-0.2, 0) is 0 Å². The van der Waals surface area contributed by atoms with Crippen LogP contribution >= 0.6 is 15.9 Å². The summed E-state index contributed by atoms with van der Waals surface area (Å²) in [4.78, 5) is 11.9. The molecule has 0 fully saturated rings. The molecule has 0 saturated heterocycles. The lowest BCUT2D eigenvalue weighted by molar-refractivity contribution is -0.771. The van der Waals surface area contributed by atoms with Crippen molar-refractivity contribution in [1.82, 2.24) is 10.9 Å². The summed E-state index contributed by atoms with van der Waals surface area (Å²) in [6.45, 7) is 8.69. The molecule has 0 spiro atoms. The number of carbonyl (C=O) groups is 1. The molecule has 1 aromatic rings. The number of halogens is 1. The molecule has 1 aliphatic rings. The maximum Gasteiger partial charge on any atom is 0.305 e. The molecule has 0 atom stereocenters. The molecule has 0 aliphatic carbocycles. The van der Waals surface area contributed by atoms with Crippen LogP contribution in [0.4, 0.5) is 0 Å². The first-order valence-electron chi connectivity index (χ1n) is 6.57. The average Bonchev–Trinajstić information content (AvgIpc) is 2.68. The molecule has 0 bridgehead atoms. The van der Waals surface area contributed by atoms with Crippen LogP contribution in [0.25, 0.3) is 0 Å². The first-order valence-corrected chi connectivity index (χ1v) is 7.37. The number of nitrogens with two attached hydrogens (primary N) is 1. The Hall–Kier alpha value is -1.27. The summed E-state index contributed by atoms with van der Waals surface area (Å²) in [6, 6.07) is 3.31. The van der Waals surface area contributed by atoms with Crippen LogP contribution in [0.3, 0.4) is 0 Å². The number of hydrogen-bond donors (Lipinski definition) is 3. The molecule has 6 heteroatoms. The summed E-state index contributed by atoms with van der Waals surface area (Å²) in [5, 5.41) is 2.33. The normalized spacial score (nSPS) is 20.1. The number of quaternary nitrogens is 1. The second-order valence-electron chi connectivity index (χ2n) is 6.48. The minimum atomic E-state index is -0.290. The molecule has 2 rings (SSSR count). The first-order chi connectivity index (χ1) is 9.17. The highest BCUT2D eigenvalue weighted by Crippen LogP contribution is 2.19. The molecule has 110 valence electrons. The van der Waals surface area contributed by atoms with Crippen molar-refractivity contribution in [3.05, 3.63) is 34.3 Å². The average molecular weight is 343 g/mol. The van der Waals surface area contributed by atoms with Crippen LogP contribution in [0.2, 0.25) is 0 Å². The van der Waals surface area contributed by atoms with Gasteiger partial charge >= 0.3 is 5.91 Å². The number of carbonyl (C=O) groups excluding carboxylic acids is 1. The van der Waals surface area contributed by atoms with E-state index in [4.69, 9.17) is 4.42 Å². The van der Waals surface area contributed by atoms with E-state index in [9.17, 15) is 4.79 Å². The third-order valence-electron chi connectivity index (χ3n) is 3.09. The quantitative estimate of drug-likeness (QED) is 0.732. The number of furan rings is 1. The Kier molecular flexibility index (Phi) is 3.97. The lowest BCUT2D eigenvalue weighted by Crippen LogP contribution is -3.04. The molecule has 2 heterocycles. The Balaban J connectivity index is 2.00. The zero-order valence-electron chi connectivity index (χ0n) is 12.2. The largest absolute Gasteiger partial charge is 0.444 e. The van der Waals surface area contributed by atoms with Crippen molar-refractivity contribution in [2.24, 2.45) is 0 Å². The van der Waals surface area contributed by atoms with Crippen LogP contribution in [0.15, 0.2) is 33.0 Å². The van der Waals surface area contributed by atoms with Crippen LogP contribution in [0.5, 0.6) is 0 Å². The van der Waals surface area contributed by atoms with Gasteiger partial charge in [0, 0.05) is 12.1 Å². The van der Waals surface area contributed by atoms with Gasteiger partial charge in [0.2, 0.25) is 0 Å². The molecule has 1 aromatic heterocycles. The zero-order chi connectivity index (χ0) is 15.0. The Labute approximate surface area is 127 Å². The predicted molar refractivity (Wildman–Crippen MR) is 79.8 cm³/mol. The van der Waals surface area contributed by atoms with Crippen molar-refractivity contribution in [3.63, 3.8) is 0 Å². The molecule has 0 unspecified atom stereocenters. The standard InChI is InChI=1S/C14H20BrN3O2/c1-13(2)7-9(8-14(3,4)18-13)16-17-12(19)10-5-6-11(15)20-10/h5-7,16,18H,8H2,1-4H3,(H,17,19)/p+1. The summed E-state index contributed by atoms with van der Waals surface area (Å²) >= 11 is 3.18. The lowest BCUT2D eigenvalue weighted by atomic mass is 9.86. The zero-order valence-corrected chi connectivity index (χ0v) is 13.8. The van der Waals surface area contributed by atoms with E-state index in [2.05, 4.69) is 65.9 Å². The van der Waals surface area contributed by atoms with Gasteiger partial charge in [-0.2, -0.15) is 0 Å². The van der Waals surface area contributed by atoms with E-state index >= 15 is 0 Å². The molecular weight excluding hydrogens is 322 g/mol. The van der Waals surface area contributed by atoms with Gasteiger partial charge in [0.25, 0.3) is 0 Å². The molecule has 1 amide bonds. The Morgan fingerprint density at radius 3 is 2.60 bits per heavy atom. The van der Waals surface area contributed by atoms with Gasteiger partial charge in [-0.05, 0) is 61.8 Å². The number of nitrogens with one attached hydrogen (secondary N) is 2. The molecule has 5 nitrogen and oxygen atoms in total. The first kappa shape index (κ1) is 15.1. The Morgan fingerprint density at radius 1 is 1.35 bits per heavy atom. The number of hydrazine groups is 1. The van der Waals surface area contributed by atoms with Crippen LogP contribution in [0, 0.1) is 0 Å². The van der Waals surface area contributed by atoms with Crippen molar-refractivity contribution in [2.45, 2.75) is 45.2 Å². The molecule has 0 saturated carbocycles. The van der Waals surface area contributed by atoms with E-state index in [0.29, 0.717) is 4.67 Å². The topological polar surface area (TPSA) is 70.9 Å². The summed E-state index contributed by atoms with van der Waals surface area (Å²) in [5.41, 5.74) is 6.79. The van der Waals surface area contributed by atoms with Crippen LogP contribution in [-0.4, -0.2) is 17.0 Å². The van der Waals surface area contributed by atoms with Gasteiger partial charge in [-0.25, -0.2) is 0 Å². The summed E-state index contributed by atoms with van der Waals surface area (Å²) in [6.07, 6.45) is 3.00. The summed E-state index contributed by atoms with van der Waals surface area (Å²) in [7, 11) is 0. The second-order valence-corrected chi connectivity index (χ2v) is 7.27. The van der Waals surface area contributed by atoms with Gasteiger partial charge in [0.05, 0.1) is 5.54 Å². The maximum atomic E-state index is 11.9. The van der Waals surface area contributed by atoms with E-state index in [1.807, 2.05) is 0 Å². The van der Waals surface area contributed by atoms with E-state index in [1.165, 1.54) is 0 Å². The van der Waals surface area contributed by atoms with Gasteiger partial charge in [-0.15, -0.1) is 0 Å². The summed E-state index contributed by atoms with van der Waals surface area (Å²) in [5.74, 6) is -0.0207. The fourth-order valence-electron chi connectivity index (χ4n) is 2.81. The predicted octanol–water partition coefficient (Wildman–Crippen LogP) is 1.68. The van der Waals surface area contributed by atoms with Crippen molar-refractivity contribution in [1.29, 1.82) is 0 Å². The fourth-order valence-corrected chi connectivity index (χ4v) is 3.11. The maximum absolute atomic E-state index is 11.9. The highest BCUT2D eigenvalue weighted by Gasteiger charge is 2.36. The lowest BCUT2D eigenvalue weighted by Gasteiger charge is -2.37. The van der Waals surface area contributed by atoms with Gasteiger partial charge in [-0.3, -0.25) is 10.2 Å². The molecule has 20 heavy (non-hydrogen) atoms. The van der Waals surface area contributed by atoms with Crippen molar-refractivity contribution in [3.8, 4) is 0 Å². The van der Waals surface area contributed by atoms with E-state index in [1.54, 1.807) is 12.1 Å². The van der Waals surface area contributed by atoms with E-state index in [0.717, 1.165) is 12.1 Å². The molecule has 0 aromatic carbocycles. The van der Waals surface area contributed by atoms with Crippen LogP contribution < -0.4 is 16.2 Å². The van der Waals surface area contributed by atoms with Gasteiger partial charge < -0.3 is 15.2 Å². The Morgan fingerprint density at radius 2 is 2.05 bits per heavy atom. The Bertz CT molecular complexity index is 546. The van der Waals surface area contributed by atoms with Crippen molar-refractivity contribution in [2.75, 3.05) is 0 Å². The third-order valence-corrected chi connectivity index (χ3v) is 3.51. The van der Waals surface area contributed by atoms with E-state index < -0.39 is 0 Å². The molecule has 1 aliphatic heterocycles. The van der Waals surface area contributed by atoms with Gasteiger partial charge in [0.1, 0.15) is 5.54 Å². The number of hydrogen-bond acceptors (Lipinski definition) is 3. The summed E-state index contributed by atoms with van der Waals surface area (Å²) < 4.78 is 5.74. The minimum Gasteiger partial charge on any atom is -0.444 e. The smallest absolute Gasteiger partial charge is 0.305 e. The van der Waals surface area contributed by atoms with Crippen molar-refractivity contribution >= 4 is 21.8 Å². The minimum absolute atomic E-state index is 0.00250. The molecular formula is C14H21BrN3O2+. The monoisotopic (exact) mass is 342 g/mol. The SMILES string of the molecule is CC1(C)C=C(NNC(=O)c2ccc(Br)o2)CC(C)(C)[NH2+]1. The van der Waals surface area contributed by atoms with Crippen LogP contribution in [0.1, 0.15) is 44.7 Å². The highest BCUT2D eigenvalue weighted by atomic mass is 79.9. The van der Waals surface area contributed by atoms with Crippen molar-refractivity contribution < 1.29 is 14.5 Å². The third kappa shape index (κ3) is 3.86. The van der Waals surface area contributed by atoms with Gasteiger partial charge in [-0.1, -0.05) is 0 Å². The van der Waals surface area contributed by atoms with Gasteiger partial charge in [0.15, 0.2) is 10.4 Å². The fraction of sp³-hybridized carbons (Fsp3) is 0.500. The second kappa shape index (κ2) is 5.26. The molecule has 0 radical (unpaired) electrons.